The SMILES string of the molecule is COC(=O)N1CCC(N(C)c2nc(OCC34CCCN3CC(F)C4)nc3c(F)c(-c4ccc(F)c5sc(N)c(C#N)c45)c(C(F)(F)F)cc23)C1. The van der Waals surface area contributed by atoms with Crippen molar-refractivity contribution >= 4 is 49.2 Å². The molecule has 50 heavy (non-hydrogen) atoms. The molecule has 2 aromatic carbocycles. The molecule has 0 spiro atoms. The van der Waals surface area contributed by atoms with Crippen LogP contribution in [0.2, 0.25) is 0 Å². The van der Waals surface area contributed by atoms with Gasteiger partial charge in [0.25, 0.3) is 0 Å². The number of fused-ring (bicyclic) bond motifs is 3. The van der Waals surface area contributed by atoms with E-state index in [1.807, 2.05) is 11.0 Å². The average molecular weight is 720 g/mol. The predicted octanol–water partition coefficient (Wildman–Crippen LogP) is 6.49. The number of halogens is 6. The van der Waals surface area contributed by atoms with Gasteiger partial charge < -0.3 is 25.0 Å². The number of alkyl halides is 4. The molecule has 3 saturated heterocycles. The number of likely N-dealkylation sites (tertiary alicyclic amines) is 1. The Labute approximate surface area is 286 Å². The number of benzene rings is 2. The summed E-state index contributed by atoms with van der Waals surface area (Å²) in [5.74, 6) is -2.32. The molecule has 2 N–H and O–H groups in total. The first-order valence-electron chi connectivity index (χ1n) is 15.9. The number of nitrogens with zero attached hydrogens (tertiary/aromatic N) is 6. The van der Waals surface area contributed by atoms with Gasteiger partial charge in [0.1, 0.15) is 41.0 Å². The molecule has 5 heterocycles. The number of aromatic nitrogens is 2. The molecular weight excluding hydrogens is 688 g/mol. The number of nitriles is 1. The quantitative estimate of drug-likeness (QED) is 0.223. The fourth-order valence-corrected chi connectivity index (χ4v) is 8.64. The number of methoxy groups -OCH3 is 1. The molecule has 0 saturated carbocycles. The molecule has 0 bridgehead atoms. The van der Waals surface area contributed by atoms with E-state index in [2.05, 4.69) is 9.97 Å². The van der Waals surface area contributed by atoms with Crippen LogP contribution < -0.4 is 15.4 Å². The van der Waals surface area contributed by atoms with E-state index in [0.717, 1.165) is 24.6 Å². The van der Waals surface area contributed by atoms with Crippen LogP contribution in [0.1, 0.15) is 36.8 Å². The van der Waals surface area contributed by atoms with Gasteiger partial charge in [0.2, 0.25) is 0 Å². The van der Waals surface area contributed by atoms with Gasteiger partial charge in [-0.15, -0.1) is 11.3 Å². The maximum atomic E-state index is 17.0. The number of anilines is 2. The lowest BCUT2D eigenvalue weighted by molar-refractivity contribution is -0.137. The highest BCUT2D eigenvalue weighted by molar-refractivity contribution is 7.23. The number of nitrogen functional groups attached to an aromatic ring is 1. The van der Waals surface area contributed by atoms with Crippen molar-refractivity contribution in [3.8, 4) is 23.2 Å². The molecular formula is C33H31F6N7O3S. The summed E-state index contributed by atoms with van der Waals surface area (Å²) in [5.41, 5.74) is 1.77. The summed E-state index contributed by atoms with van der Waals surface area (Å²) in [6.45, 7) is 1.34. The largest absolute Gasteiger partial charge is 0.461 e. The second kappa shape index (κ2) is 12.3. The topological polar surface area (TPSA) is 121 Å². The second-order valence-electron chi connectivity index (χ2n) is 12.9. The number of ether oxygens (including phenoxy) is 2. The number of nitrogens with two attached hydrogens (primary N) is 1. The molecule has 2 aromatic heterocycles. The summed E-state index contributed by atoms with van der Waals surface area (Å²) in [6.07, 6.45) is -4.67. The summed E-state index contributed by atoms with van der Waals surface area (Å²) in [4.78, 5) is 26.0. The molecule has 4 aromatic rings. The molecule has 10 nitrogen and oxygen atoms in total. The smallest absolute Gasteiger partial charge is 0.417 e. The predicted molar refractivity (Wildman–Crippen MR) is 174 cm³/mol. The fraction of sp³-hybridized carbons (Fsp3) is 0.455. The molecule has 3 fully saturated rings. The Kier molecular flexibility index (Phi) is 8.37. The van der Waals surface area contributed by atoms with Crippen LogP contribution in [0.4, 0.5) is 42.0 Å². The van der Waals surface area contributed by atoms with Gasteiger partial charge in [0.15, 0.2) is 5.82 Å². The van der Waals surface area contributed by atoms with E-state index >= 15 is 4.39 Å². The number of amides is 1. The third kappa shape index (κ3) is 5.48. The highest BCUT2D eigenvalue weighted by Crippen LogP contribution is 2.48. The van der Waals surface area contributed by atoms with Gasteiger partial charge >= 0.3 is 18.3 Å². The van der Waals surface area contributed by atoms with Crippen LogP contribution in [0.25, 0.3) is 32.1 Å². The zero-order valence-corrected chi connectivity index (χ0v) is 27.7. The lowest BCUT2D eigenvalue weighted by Gasteiger charge is -2.31. The average Bonchev–Trinajstić information content (AvgIpc) is 3.85. The molecule has 3 atom stereocenters. The van der Waals surface area contributed by atoms with Crippen LogP contribution in [0.5, 0.6) is 6.01 Å². The van der Waals surface area contributed by atoms with Crippen molar-refractivity contribution in [3.63, 3.8) is 0 Å². The minimum absolute atomic E-state index is 0.0327. The zero-order valence-electron chi connectivity index (χ0n) is 26.9. The third-order valence-corrected chi connectivity index (χ3v) is 11.1. The van der Waals surface area contributed by atoms with Crippen molar-refractivity contribution in [3.05, 3.63) is 41.0 Å². The Morgan fingerprint density at radius 1 is 1.24 bits per heavy atom. The Morgan fingerprint density at radius 3 is 2.74 bits per heavy atom. The highest BCUT2D eigenvalue weighted by atomic mass is 32.1. The van der Waals surface area contributed by atoms with Gasteiger partial charge in [-0.05, 0) is 43.5 Å². The summed E-state index contributed by atoms with van der Waals surface area (Å²) >= 11 is 0.671. The van der Waals surface area contributed by atoms with Crippen LogP contribution in [-0.2, 0) is 10.9 Å². The Hall–Kier alpha value is -4.56. The number of hydrogen-bond acceptors (Lipinski definition) is 10. The molecule has 0 radical (unpaired) electrons. The minimum atomic E-state index is -5.13. The lowest BCUT2D eigenvalue weighted by atomic mass is 9.92. The second-order valence-corrected chi connectivity index (χ2v) is 14.0. The van der Waals surface area contributed by atoms with Crippen molar-refractivity contribution in [1.82, 2.24) is 19.8 Å². The molecule has 1 amide bonds. The van der Waals surface area contributed by atoms with E-state index in [4.69, 9.17) is 15.2 Å². The molecule has 3 unspecified atom stereocenters. The molecule has 17 heteroatoms. The Balaban J connectivity index is 1.43. The summed E-state index contributed by atoms with van der Waals surface area (Å²) in [5, 5.41) is 9.13. The van der Waals surface area contributed by atoms with E-state index in [1.54, 1.807) is 11.9 Å². The number of hydrogen-bond donors (Lipinski definition) is 1. The van der Waals surface area contributed by atoms with Crippen molar-refractivity contribution < 1.29 is 40.6 Å². The highest BCUT2D eigenvalue weighted by Gasteiger charge is 2.49. The first-order chi connectivity index (χ1) is 23.8. The summed E-state index contributed by atoms with van der Waals surface area (Å²) in [7, 11) is 2.80. The van der Waals surface area contributed by atoms with E-state index in [-0.39, 0.29) is 64.0 Å². The van der Waals surface area contributed by atoms with Crippen LogP contribution in [0.3, 0.4) is 0 Å². The van der Waals surface area contributed by atoms with E-state index in [9.17, 15) is 32.0 Å². The van der Waals surface area contributed by atoms with Crippen LogP contribution in [0, 0.1) is 23.0 Å². The third-order valence-electron chi connectivity index (χ3n) is 10.1. The molecule has 3 aliphatic rings. The Morgan fingerprint density at radius 2 is 2.02 bits per heavy atom. The van der Waals surface area contributed by atoms with E-state index in [0.29, 0.717) is 37.3 Å². The number of likely N-dealkylation sites (N-methyl/N-ethyl adjacent to an activating group) is 1. The van der Waals surface area contributed by atoms with Gasteiger partial charge in [-0.2, -0.15) is 28.4 Å². The fourth-order valence-electron chi connectivity index (χ4n) is 7.69. The summed E-state index contributed by atoms with van der Waals surface area (Å²) in [6, 6.07) is 3.63. The van der Waals surface area contributed by atoms with Gasteiger partial charge in [-0.3, -0.25) is 4.90 Å². The van der Waals surface area contributed by atoms with Crippen LogP contribution >= 0.6 is 11.3 Å². The van der Waals surface area contributed by atoms with Gasteiger partial charge in [-0.25, -0.2) is 18.0 Å². The van der Waals surface area contributed by atoms with Gasteiger partial charge in [0.05, 0.1) is 28.5 Å². The van der Waals surface area contributed by atoms with Crippen LogP contribution in [-0.4, -0.2) is 90.6 Å². The van der Waals surface area contributed by atoms with Crippen molar-refractivity contribution in [2.75, 3.05) is 57.6 Å². The minimum Gasteiger partial charge on any atom is -0.461 e. The molecule has 0 aliphatic carbocycles. The number of carbonyl (C=O) groups is 1. The van der Waals surface area contributed by atoms with Gasteiger partial charge in [0, 0.05) is 55.5 Å². The number of carbonyl (C=O) groups excluding carboxylic acids is 1. The first-order valence-corrected chi connectivity index (χ1v) is 16.7. The number of rotatable bonds is 6. The molecule has 7 rings (SSSR count). The molecule has 3 aliphatic heterocycles. The van der Waals surface area contributed by atoms with Crippen LogP contribution in [0.15, 0.2) is 18.2 Å². The standard InChI is InChI=1S/C33H31F6N7O3S/c1-44(17-6-9-45(14-17)31(47)48-2)29-19-10-21(33(37,38)39)24(18-4-5-22(35)27-23(18)20(12-40)28(41)50-27)25(36)26(19)42-30(43-29)49-15-32-7-3-8-46(32)13-16(34)11-32/h4-5,10,16-17H,3,6-9,11,13-15,41H2,1-2H3. The first kappa shape index (κ1) is 33.9. The van der Waals surface area contributed by atoms with E-state index < -0.39 is 63.9 Å². The monoisotopic (exact) mass is 719 g/mol. The molecule has 264 valence electrons. The maximum Gasteiger partial charge on any atom is 0.417 e. The van der Waals surface area contributed by atoms with E-state index in [1.165, 1.54) is 12.0 Å². The normalized spacial score (nSPS) is 22.3. The maximum absolute atomic E-state index is 17.0. The lowest BCUT2D eigenvalue weighted by Crippen LogP contribution is -2.43. The van der Waals surface area contributed by atoms with Crippen molar-refractivity contribution in [2.45, 2.75) is 49.6 Å². The van der Waals surface area contributed by atoms with Crippen molar-refractivity contribution in [1.29, 1.82) is 5.26 Å². The zero-order chi connectivity index (χ0) is 35.7. The Bertz CT molecular complexity index is 2070. The van der Waals surface area contributed by atoms with Gasteiger partial charge in [-0.1, -0.05) is 6.07 Å². The summed E-state index contributed by atoms with van der Waals surface area (Å²) < 4.78 is 102. The van der Waals surface area contributed by atoms with Crippen molar-refractivity contribution in [2.24, 2.45) is 0 Å². The number of thiophene rings is 1.